The smallest absolute Gasteiger partial charge is 0.306 e. The molecule has 10 nitrogen and oxygen atoms in total. The van der Waals surface area contributed by atoms with Crippen molar-refractivity contribution in [2.75, 3.05) is 47.5 Å². The van der Waals surface area contributed by atoms with E-state index >= 15 is 0 Å². The molecule has 0 fully saturated rings. The quantitative estimate of drug-likeness (QED) is 0.0161. The third kappa shape index (κ3) is 41.4. The zero-order valence-corrected chi connectivity index (χ0v) is 37.3. The molecule has 0 saturated carbocycles. The third-order valence-electron chi connectivity index (χ3n) is 8.87. The molecule has 3 atom stereocenters. The molecule has 1 N–H and O–H groups in total. The van der Waals surface area contributed by atoms with Gasteiger partial charge in [-0.3, -0.25) is 14.2 Å². The van der Waals surface area contributed by atoms with E-state index in [9.17, 15) is 24.2 Å². The number of aliphatic hydroxyl groups excluding tert-OH is 1. The molecule has 0 spiro atoms. The van der Waals surface area contributed by atoms with E-state index in [0.29, 0.717) is 36.7 Å². The van der Waals surface area contributed by atoms with Crippen LogP contribution in [0.2, 0.25) is 0 Å². The summed E-state index contributed by atoms with van der Waals surface area (Å²) >= 11 is 0. The fraction of sp³-hybridized carbons (Fsp3) is 0.696. The molecule has 0 amide bonds. The van der Waals surface area contributed by atoms with Crippen molar-refractivity contribution in [3.8, 4) is 0 Å². The van der Waals surface area contributed by atoms with Gasteiger partial charge in [-0.15, -0.1) is 0 Å². The number of phosphoric ester groups is 1. The van der Waals surface area contributed by atoms with E-state index in [1.807, 2.05) is 58.4 Å². The van der Waals surface area contributed by atoms with Crippen LogP contribution >= 0.6 is 7.82 Å². The Balaban J connectivity index is 4.52. The van der Waals surface area contributed by atoms with Crippen LogP contribution in [-0.4, -0.2) is 81.2 Å². The molecule has 11 heteroatoms. The van der Waals surface area contributed by atoms with Crippen LogP contribution in [0.5, 0.6) is 0 Å². The molecule has 0 bridgehead atoms. The predicted octanol–water partition coefficient (Wildman–Crippen LogP) is 10.6. The molecule has 3 unspecified atom stereocenters. The fourth-order valence-electron chi connectivity index (χ4n) is 5.28. The topological polar surface area (TPSA) is 131 Å². The monoisotopic (exact) mass is 822 g/mol. The Bertz CT molecular complexity index is 1220. The molecule has 0 aliphatic rings. The van der Waals surface area contributed by atoms with Crippen LogP contribution in [-0.2, 0) is 32.7 Å². The molecule has 0 heterocycles. The summed E-state index contributed by atoms with van der Waals surface area (Å²) < 4.78 is 33.8. The molecular formula is C46H80NO9P. The van der Waals surface area contributed by atoms with Crippen molar-refractivity contribution in [3.05, 3.63) is 72.9 Å². The zero-order chi connectivity index (χ0) is 42.3. The second-order valence-corrected chi connectivity index (χ2v) is 16.9. The van der Waals surface area contributed by atoms with Gasteiger partial charge in [0.1, 0.15) is 19.8 Å². The molecule has 0 aliphatic carbocycles. The van der Waals surface area contributed by atoms with Crippen molar-refractivity contribution < 1.29 is 47.2 Å². The Morgan fingerprint density at radius 3 is 1.79 bits per heavy atom. The van der Waals surface area contributed by atoms with Crippen molar-refractivity contribution in [1.29, 1.82) is 0 Å². The Morgan fingerprint density at radius 2 is 1.18 bits per heavy atom. The van der Waals surface area contributed by atoms with Gasteiger partial charge < -0.3 is 33.0 Å². The number of unbranched alkanes of at least 4 members (excludes halogenated alkanes) is 12. The largest absolute Gasteiger partial charge is 0.756 e. The number of allylic oxidation sites excluding steroid dienone is 11. The van der Waals surface area contributed by atoms with Crippen LogP contribution < -0.4 is 4.89 Å². The van der Waals surface area contributed by atoms with Gasteiger partial charge in [-0.25, -0.2) is 0 Å². The molecule has 328 valence electrons. The third-order valence-corrected chi connectivity index (χ3v) is 9.83. The van der Waals surface area contributed by atoms with E-state index in [1.54, 1.807) is 6.08 Å². The second-order valence-electron chi connectivity index (χ2n) is 15.5. The number of carbonyl (C=O) groups is 2. The van der Waals surface area contributed by atoms with Crippen LogP contribution in [0.15, 0.2) is 72.9 Å². The lowest BCUT2D eigenvalue weighted by Gasteiger charge is -2.28. The van der Waals surface area contributed by atoms with Crippen LogP contribution in [0, 0.1) is 0 Å². The lowest BCUT2D eigenvalue weighted by atomic mass is 10.1. The van der Waals surface area contributed by atoms with Gasteiger partial charge in [0, 0.05) is 12.8 Å². The number of rotatable bonds is 38. The molecule has 0 saturated heterocycles. The van der Waals surface area contributed by atoms with Crippen molar-refractivity contribution in [2.24, 2.45) is 0 Å². The van der Waals surface area contributed by atoms with Gasteiger partial charge in [0.05, 0.1) is 33.9 Å². The summed E-state index contributed by atoms with van der Waals surface area (Å²) in [5, 5.41) is 9.48. The van der Waals surface area contributed by atoms with E-state index in [0.717, 1.165) is 51.4 Å². The minimum atomic E-state index is -4.65. The first-order valence-electron chi connectivity index (χ1n) is 21.8. The molecular weight excluding hydrogens is 741 g/mol. The molecule has 0 aromatic rings. The molecule has 0 aromatic heterocycles. The van der Waals surface area contributed by atoms with Gasteiger partial charge in [0.25, 0.3) is 7.82 Å². The Kier molecular flexibility index (Phi) is 36.0. The fourth-order valence-corrected chi connectivity index (χ4v) is 6.01. The van der Waals surface area contributed by atoms with Gasteiger partial charge in [0.2, 0.25) is 0 Å². The van der Waals surface area contributed by atoms with Crippen LogP contribution in [0.3, 0.4) is 0 Å². The highest BCUT2D eigenvalue weighted by Crippen LogP contribution is 2.38. The lowest BCUT2D eigenvalue weighted by Crippen LogP contribution is -2.37. The average Bonchev–Trinajstić information content (AvgIpc) is 3.16. The summed E-state index contributed by atoms with van der Waals surface area (Å²) in [6.07, 6.45) is 43.1. The SMILES string of the molecule is CCCCCCCC/C=C\CCCCCCCC(=O)OCC(COP(=O)([O-])OCC[N+](C)(C)C)OC(=O)CCC/C=C\C/C=C\C/C=C\C/C=C\C=C\C(O)CC. The maximum absolute atomic E-state index is 12.6. The number of phosphoric acid groups is 1. The van der Waals surface area contributed by atoms with E-state index in [1.165, 1.54) is 44.9 Å². The van der Waals surface area contributed by atoms with Gasteiger partial charge in [0.15, 0.2) is 6.10 Å². The number of quaternary nitrogens is 1. The summed E-state index contributed by atoms with van der Waals surface area (Å²) in [4.78, 5) is 37.5. The number of nitrogens with zero attached hydrogens (tertiary/aromatic N) is 1. The Labute approximate surface area is 347 Å². The number of hydrogen-bond donors (Lipinski definition) is 1. The van der Waals surface area contributed by atoms with Crippen LogP contribution in [0.25, 0.3) is 0 Å². The number of esters is 2. The van der Waals surface area contributed by atoms with Crippen molar-refractivity contribution in [2.45, 2.75) is 161 Å². The average molecular weight is 822 g/mol. The first-order valence-corrected chi connectivity index (χ1v) is 23.2. The normalized spacial score (nSPS) is 14.9. The maximum Gasteiger partial charge on any atom is 0.306 e. The number of likely N-dealkylation sites (N-methyl/N-ethyl adjacent to an activating group) is 1. The van der Waals surface area contributed by atoms with E-state index in [2.05, 4.69) is 43.4 Å². The van der Waals surface area contributed by atoms with Crippen molar-refractivity contribution in [1.82, 2.24) is 0 Å². The van der Waals surface area contributed by atoms with E-state index in [4.69, 9.17) is 18.5 Å². The second kappa shape index (κ2) is 37.7. The number of carbonyl (C=O) groups excluding carboxylic acids is 2. The van der Waals surface area contributed by atoms with Gasteiger partial charge in [-0.05, 0) is 70.6 Å². The molecule has 0 radical (unpaired) electrons. The standard InChI is InChI=1S/C46H80NO9P/c1-6-8-9-10-11-12-13-14-15-19-22-25-28-31-34-37-45(49)53-41-44(42-55-57(51,52)54-40-39-47(3,4)5)56-46(50)38-35-32-29-26-23-20-17-16-18-21-24-27-30-33-36-43(48)7-2/h14-15,17-18,20-21,26-27,29-30,33,36,43-44,48H,6-13,16,19,22-25,28,31-32,34-35,37-42H2,1-5H3/b15-14-,20-17-,21-18-,29-26-,30-27-,36-33+. The van der Waals surface area contributed by atoms with E-state index < -0.39 is 32.5 Å². The number of hydrogen-bond acceptors (Lipinski definition) is 9. The summed E-state index contributed by atoms with van der Waals surface area (Å²) in [7, 11) is 1.09. The first-order chi connectivity index (χ1) is 27.4. The van der Waals surface area contributed by atoms with Gasteiger partial charge in [-0.1, -0.05) is 138 Å². The first kappa shape index (κ1) is 54.4. The highest BCUT2D eigenvalue weighted by atomic mass is 31.2. The maximum atomic E-state index is 12.6. The van der Waals surface area contributed by atoms with Gasteiger partial charge in [-0.2, -0.15) is 0 Å². The Hall–Kier alpha value is -2.59. The molecule has 0 aromatic carbocycles. The number of aliphatic hydroxyl groups is 1. The molecule has 0 aliphatic heterocycles. The van der Waals surface area contributed by atoms with Crippen LogP contribution in [0.4, 0.5) is 0 Å². The highest BCUT2D eigenvalue weighted by molar-refractivity contribution is 7.45. The lowest BCUT2D eigenvalue weighted by molar-refractivity contribution is -0.870. The van der Waals surface area contributed by atoms with Crippen molar-refractivity contribution in [3.63, 3.8) is 0 Å². The zero-order valence-electron chi connectivity index (χ0n) is 36.4. The number of ether oxygens (including phenoxy) is 2. The molecule has 57 heavy (non-hydrogen) atoms. The summed E-state index contributed by atoms with van der Waals surface area (Å²) in [5.41, 5.74) is 0. The summed E-state index contributed by atoms with van der Waals surface area (Å²) in [6.45, 7) is 3.78. The van der Waals surface area contributed by atoms with E-state index in [-0.39, 0.29) is 32.2 Å². The van der Waals surface area contributed by atoms with Crippen molar-refractivity contribution >= 4 is 19.8 Å². The van der Waals surface area contributed by atoms with Crippen LogP contribution in [0.1, 0.15) is 149 Å². The summed E-state index contributed by atoms with van der Waals surface area (Å²) in [5.74, 6) is -0.938. The summed E-state index contributed by atoms with van der Waals surface area (Å²) in [6, 6.07) is 0. The Morgan fingerprint density at radius 1 is 0.649 bits per heavy atom. The van der Waals surface area contributed by atoms with Gasteiger partial charge >= 0.3 is 11.9 Å². The minimum absolute atomic E-state index is 0.0527. The molecule has 0 rings (SSSR count). The predicted molar refractivity (Wildman–Crippen MR) is 232 cm³/mol. The minimum Gasteiger partial charge on any atom is -0.756 e. The highest BCUT2D eigenvalue weighted by Gasteiger charge is 2.21.